The average Bonchev–Trinajstić information content (AvgIpc) is 2.80. The first-order chi connectivity index (χ1) is 10.8. The standard InChI is InChI=1S/C13H25NO7P2S/c1-10(15)24-7-6-14(2)5-3-4-11-8-13(9-12(11)14,22(16,17)18)23(19,20)21/h11-12H,3-9H2,1-2H3,(H3-,16,17,18,19,20,21)/p+1. The van der Waals surface area contributed by atoms with Gasteiger partial charge in [0.05, 0.1) is 31.9 Å². The van der Waals surface area contributed by atoms with E-state index in [0.717, 1.165) is 19.4 Å². The summed E-state index contributed by atoms with van der Waals surface area (Å²) in [5.41, 5.74) is 0. The van der Waals surface area contributed by atoms with Gasteiger partial charge in [-0.05, 0) is 19.3 Å². The topological polar surface area (TPSA) is 132 Å². The summed E-state index contributed by atoms with van der Waals surface area (Å²) in [5.74, 6) is 0.472. The highest BCUT2D eigenvalue weighted by Gasteiger charge is 2.69. The number of hydrogen-bond donors (Lipinski definition) is 4. The van der Waals surface area contributed by atoms with Crippen LogP contribution in [0.3, 0.4) is 0 Å². The zero-order chi connectivity index (χ0) is 18.4. The van der Waals surface area contributed by atoms with E-state index in [1.807, 2.05) is 7.05 Å². The predicted molar refractivity (Wildman–Crippen MR) is 91.6 cm³/mol. The molecule has 0 aromatic rings. The zero-order valence-corrected chi connectivity index (χ0v) is 16.5. The molecule has 11 heteroatoms. The number of piperidine rings is 1. The molecule has 3 atom stereocenters. The molecule has 2 rings (SSSR count). The highest BCUT2D eigenvalue weighted by Crippen LogP contribution is 2.76. The lowest BCUT2D eigenvalue weighted by Gasteiger charge is -2.46. The van der Waals surface area contributed by atoms with Gasteiger partial charge in [0, 0.05) is 19.3 Å². The monoisotopic (exact) mass is 402 g/mol. The third kappa shape index (κ3) is 3.69. The molecule has 2 fully saturated rings. The summed E-state index contributed by atoms with van der Waals surface area (Å²) in [6, 6.07) is -0.202. The van der Waals surface area contributed by atoms with E-state index in [9.17, 15) is 33.5 Å². The molecule has 1 aliphatic heterocycles. The SMILES string of the molecule is CC(=O)SCC[N+]1(C)CCCC2CC(P(=O)(O)O)(P(=O)(O)O)CC21. The number of carbonyl (C=O) groups is 1. The maximum Gasteiger partial charge on any atom is 0.344 e. The van der Waals surface area contributed by atoms with Crippen LogP contribution in [0.15, 0.2) is 0 Å². The first-order valence-corrected chi connectivity index (χ1v) is 12.1. The molecule has 0 aromatic heterocycles. The van der Waals surface area contributed by atoms with Crippen LogP contribution in [0.1, 0.15) is 32.6 Å². The molecule has 0 spiro atoms. The Morgan fingerprint density at radius 1 is 1.21 bits per heavy atom. The Balaban J connectivity index is 2.30. The van der Waals surface area contributed by atoms with E-state index in [4.69, 9.17) is 0 Å². The molecule has 0 radical (unpaired) electrons. The largest absolute Gasteiger partial charge is 0.344 e. The summed E-state index contributed by atoms with van der Waals surface area (Å²) in [7, 11) is -7.97. The van der Waals surface area contributed by atoms with Gasteiger partial charge >= 0.3 is 15.2 Å². The minimum Gasteiger partial charge on any atom is -0.324 e. The Morgan fingerprint density at radius 2 is 1.79 bits per heavy atom. The Hall–Kier alpha value is 0.280. The number of likely N-dealkylation sites (tertiary alicyclic amines) is 1. The second kappa shape index (κ2) is 6.78. The Labute approximate surface area is 145 Å². The fraction of sp³-hybridized carbons (Fsp3) is 0.923. The van der Waals surface area contributed by atoms with E-state index in [-0.39, 0.29) is 29.9 Å². The molecular formula is C13H26NO7P2S+. The zero-order valence-electron chi connectivity index (χ0n) is 13.9. The molecule has 24 heavy (non-hydrogen) atoms. The molecule has 1 saturated carbocycles. The van der Waals surface area contributed by atoms with Crippen molar-refractivity contribution in [1.82, 2.24) is 0 Å². The molecule has 1 aliphatic carbocycles. The minimum absolute atomic E-state index is 0.0152. The molecule has 1 heterocycles. The summed E-state index contributed by atoms with van der Waals surface area (Å²) in [5, 5.41) is 0.0152. The van der Waals surface area contributed by atoms with E-state index in [1.54, 1.807) is 0 Å². The summed E-state index contributed by atoms with van der Waals surface area (Å²) in [6.07, 6.45) is 1.26. The smallest absolute Gasteiger partial charge is 0.324 e. The van der Waals surface area contributed by atoms with Gasteiger partial charge in [0.2, 0.25) is 0 Å². The van der Waals surface area contributed by atoms with Gasteiger partial charge in [0.15, 0.2) is 10.0 Å². The van der Waals surface area contributed by atoms with Gasteiger partial charge in [-0.15, -0.1) is 0 Å². The number of fused-ring (bicyclic) bond motifs is 1. The molecule has 4 N–H and O–H groups in total. The van der Waals surface area contributed by atoms with Crippen LogP contribution in [0.2, 0.25) is 0 Å². The molecule has 2 aliphatic rings. The van der Waals surface area contributed by atoms with Crippen molar-refractivity contribution in [2.45, 2.75) is 43.5 Å². The second-order valence-corrected chi connectivity index (χ2v) is 12.7. The number of rotatable bonds is 5. The molecule has 0 bridgehead atoms. The molecule has 8 nitrogen and oxygen atoms in total. The van der Waals surface area contributed by atoms with Crippen molar-refractivity contribution in [2.75, 3.05) is 25.9 Å². The third-order valence-electron chi connectivity index (χ3n) is 5.71. The molecule has 0 aromatic carbocycles. The third-order valence-corrected chi connectivity index (χ3v) is 11.0. The van der Waals surface area contributed by atoms with Crippen molar-refractivity contribution in [2.24, 2.45) is 5.92 Å². The lowest BCUT2D eigenvalue weighted by molar-refractivity contribution is -0.938. The molecule has 0 amide bonds. The van der Waals surface area contributed by atoms with Crippen LogP contribution in [0.4, 0.5) is 0 Å². The summed E-state index contributed by atoms with van der Waals surface area (Å²) >= 11 is 1.21. The van der Waals surface area contributed by atoms with Crippen molar-refractivity contribution in [1.29, 1.82) is 0 Å². The van der Waals surface area contributed by atoms with Crippen LogP contribution in [0, 0.1) is 5.92 Å². The van der Waals surface area contributed by atoms with Crippen molar-refractivity contribution >= 4 is 32.1 Å². The summed E-state index contributed by atoms with van der Waals surface area (Å²) < 4.78 is 24.5. The second-order valence-electron chi connectivity index (χ2n) is 7.22. The number of quaternary nitrogens is 1. The van der Waals surface area contributed by atoms with Crippen molar-refractivity contribution in [3.05, 3.63) is 0 Å². The van der Waals surface area contributed by atoms with Gasteiger partial charge in [-0.1, -0.05) is 11.8 Å². The fourth-order valence-electron chi connectivity index (χ4n) is 4.37. The van der Waals surface area contributed by atoms with Gasteiger partial charge in [-0.3, -0.25) is 13.9 Å². The van der Waals surface area contributed by atoms with E-state index >= 15 is 0 Å². The van der Waals surface area contributed by atoms with Gasteiger partial charge < -0.3 is 24.1 Å². The van der Waals surface area contributed by atoms with Crippen LogP contribution < -0.4 is 0 Å². The first-order valence-electron chi connectivity index (χ1n) is 7.91. The van der Waals surface area contributed by atoms with Gasteiger partial charge in [-0.2, -0.15) is 0 Å². The quantitative estimate of drug-likeness (QED) is 0.400. The number of nitrogens with zero attached hydrogens (tertiary/aromatic N) is 1. The summed E-state index contributed by atoms with van der Waals surface area (Å²) in [4.78, 5) is 47.8. The fourth-order valence-corrected chi connectivity index (χ4v) is 8.31. The van der Waals surface area contributed by atoms with Gasteiger partial charge in [0.1, 0.15) is 0 Å². The average molecular weight is 402 g/mol. The van der Waals surface area contributed by atoms with E-state index in [0.29, 0.717) is 16.8 Å². The van der Waals surface area contributed by atoms with E-state index in [2.05, 4.69) is 0 Å². The van der Waals surface area contributed by atoms with E-state index in [1.165, 1.54) is 18.7 Å². The number of carbonyl (C=O) groups excluding carboxylic acids is 1. The van der Waals surface area contributed by atoms with Crippen LogP contribution in [0.25, 0.3) is 0 Å². The Kier molecular flexibility index (Phi) is 5.82. The lowest BCUT2D eigenvalue weighted by Crippen LogP contribution is -2.58. The maximum absolute atomic E-state index is 12.0. The van der Waals surface area contributed by atoms with Gasteiger partial charge in [0.25, 0.3) is 0 Å². The predicted octanol–water partition coefficient (Wildman–Crippen LogP) is 1.34. The van der Waals surface area contributed by atoms with Crippen LogP contribution in [0.5, 0.6) is 0 Å². The van der Waals surface area contributed by atoms with Crippen molar-refractivity contribution in [3.8, 4) is 0 Å². The van der Waals surface area contributed by atoms with E-state index < -0.39 is 20.1 Å². The minimum atomic E-state index is -4.97. The highest BCUT2D eigenvalue weighted by molar-refractivity contribution is 8.13. The highest BCUT2D eigenvalue weighted by atomic mass is 32.2. The first kappa shape index (κ1) is 20.6. The number of thioether (sulfide) groups is 1. The maximum atomic E-state index is 12.0. The van der Waals surface area contributed by atoms with Crippen molar-refractivity contribution < 1.29 is 38.0 Å². The van der Waals surface area contributed by atoms with Gasteiger partial charge in [-0.25, -0.2) is 0 Å². The van der Waals surface area contributed by atoms with Crippen LogP contribution >= 0.6 is 27.0 Å². The number of hydrogen-bond acceptors (Lipinski definition) is 4. The molecular weight excluding hydrogens is 376 g/mol. The Bertz CT molecular complexity index is 581. The lowest BCUT2D eigenvalue weighted by atomic mass is 9.90. The van der Waals surface area contributed by atoms with Crippen LogP contribution in [-0.2, 0) is 13.9 Å². The summed E-state index contributed by atoms with van der Waals surface area (Å²) in [6.45, 7) is 2.92. The van der Waals surface area contributed by atoms with Crippen LogP contribution in [-0.4, -0.2) is 66.0 Å². The molecule has 140 valence electrons. The van der Waals surface area contributed by atoms with Crippen molar-refractivity contribution in [3.63, 3.8) is 0 Å². The molecule has 3 unspecified atom stereocenters. The Morgan fingerprint density at radius 3 is 2.29 bits per heavy atom. The normalized spacial score (nSPS) is 33.2. The molecule has 1 saturated heterocycles.